The van der Waals surface area contributed by atoms with Crippen LogP contribution in [0.5, 0.6) is 0 Å². The molecule has 0 unspecified atom stereocenters. The number of benzene rings is 1. The molecule has 1 aliphatic rings. The van der Waals surface area contributed by atoms with Crippen LogP contribution in [0.25, 0.3) is 0 Å². The minimum Gasteiger partial charge on any atom is -0.367 e. The Hall–Kier alpha value is -1.03. The topological polar surface area (TPSA) is 45.6 Å². The molecule has 22 heavy (non-hydrogen) atoms. The summed E-state index contributed by atoms with van der Waals surface area (Å²) in [7, 11) is 0. The van der Waals surface area contributed by atoms with Crippen molar-refractivity contribution in [3.8, 4) is 0 Å². The van der Waals surface area contributed by atoms with E-state index in [-0.39, 0.29) is 30.6 Å². The van der Waals surface area contributed by atoms with Gasteiger partial charge in [0.1, 0.15) is 6.61 Å². The highest BCUT2D eigenvalue weighted by Gasteiger charge is 2.27. The van der Waals surface area contributed by atoms with E-state index in [0.717, 1.165) is 36.6 Å². The Balaban J connectivity index is 0.00000242. The van der Waals surface area contributed by atoms with E-state index < -0.39 is 12.8 Å². The number of halogens is 4. The van der Waals surface area contributed by atoms with E-state index in [9.17, 15) is 13.2 Å². The Kier molecular flexibility index (Phi) is 7.94. The molecule has 0 spiro atoms. The molecule has 8 heteroatoms. The van der Waals surface area contributed by atoms with Gasteiger partial charge in [-0.3, -0.25) is 4.99 Å². The molecule has 1 heterocycles. The van der Waals surface area contributed by atoms with Crippen LogP contribution in [0.3, 0.4) is 0 Å². The number of rotatable bonds is 5. The van der Waals surface area contributed by atoms with Gasteiger partial charge in [-0.05, 0) is 17.5 Å². The molecule has 0 fully saturated rings. The van der Waals surface area contributed by atoms with Crippen LogP contribution in [0.15, 0.2) is 29.3 Å². The summed E-state index contributed by atoms with van der Waals surface area (Å²) in [5.74, 6) is 0.764. The molecule has 1 aromatic rings. The van der Waals surface area contributed by atoms with Gasteiger partial charge in [-0.25, -0.2) is 0 Å². The second kappa shape index (κ2) is 9.19. The van der Waals surface area contributed by atoms with Gasteiger partial charge in [-0.2, -0.15) is 13.2 Å². The number of nitrogens with zero attached hydrogens (tertiary/aromatic N) is 1. The molecular formula is C14H19F3IN3O. The average Bonchev–Trinajstić information content (AvgIpc) is 2.45. The zero-order valence-corrected chi connectivity index (χ0v) is 14.3. The molecule has 0 bridgehead atoms. The van der Waals surface area contributed by atoms with E-state index in [0.29, 0.717) is 6.54 Å². The lowest BCUT2D eigenvalue weighted by molar-refractivity contribution is -0.176. The second-order valence-electron chi connectivity index (χ2n) is 4.79. The molecule has 0 atom stereocenters. The Morgan fingerprint density at radius 3 is 2.73 bits per heavy atom. The van der Waals surface area contributed by atoms with E-state index in [4.69, 9.17) is 0 Å². The Bertz CT molecular complexity index is 494. The molecule has 0 aromatic heterocycles. The highest BCUT2D eigenvalue weighted by atomic mass is 127. The number of guanidine groups is 1. The fourth-order valence-corrected chi connectivity index (χ4v) is 1.95. The molecule has 2 rings (SSSR count). The zero-order chi connectivity index (χ0) is 15.1. The van der Waals surface area contributed by atoms with Crippen LogP contribution in [-0.4, -0.2) is 31.8 Å². The van der Waals surface area contributed by atoms with Crippen molar-refractivity contribution < 1.29 is 17.9 Å². The number of ether oxygens (including phenoxy) is 1. The van der Waals surface area contributed by atoms with Gasteiger partial charge in [0.25, 0.3) is 0 Å². The van der Waals surface area contributed by atoms with Crippen LogP contribution < -0.4 is 10.6 Å². The van der Waals surface area contributed by atoms with Crippen LogP contribution in [0.1, 0.15) is 17.5 Å². The molecule has 0 amide bonds. The molecule has 4 nitrogen and oxygen atoms in total. The summed E-state index contributed by atoms with van der Waals surface area (Å²) < 4.78 is 40.7. The third-order valence-corrected chi connectivity index (χ3v) is 2.88. The van der Waals surface area contributed by atoms with Gasteiger partial charge in [0, 0.05) is 19.6 Å². The monoisotopic (exact) mass is 429 g/mol. The maximum atomic E-state index is 12.0. The summed E-state index contributed by atoms with van der Waals surface area (Å²) in [5, 5.41) is 6.31. The summed E-state index contributed by atoms with van der Waals surface area (Å²) in [5.41, 5.74) is 1.69. The zero-order valence-electron chi connectivity index (χ0n) is 11.9. The fraction of sp³-hybridized carbons (Fsp3) is 0.500. The Labute approximate surface area is 144 Å². The SMILES string of the molecule is FC(F)(F)COCc1cccc(CNC2=NCCCN2)c1.I. The first-order valence-electron chi connectivity index (χ1n) is 6.77. The van der Waals surface area contributed by atoms with Crippen LogP contribution in [0.4, 0.5) is 13.2 Å². The number of hydrogen-bond acceptors (Lipinski definition) is 4. The van der Waals surface area contributed by atoms with Gasteiger partial charge < -0.3 is 15.4 Å². The second-order valence-corrected chi connectivity index (χ2v) is 4.79. The summed E-state index contributed by atoms with van der Waals surface area (Å²) >= 11 is 0. The van der Waals surface area contributed by atoms with Gasteiger partial charge in [0.15, 0.2) is 5.96 Å². The molecule has 0 saturated carbocycles. The Morgan fingerprint density at radius 2 is 2.05 bits per heavy atom. The first kappa shape index (κ1) is 19.0. The van der Waals surface area contributed by atoms with Crippen LogP contribution in [0.2, 0.25) is 0 Å². The third kappa shape index (κ3) is 7.30. The maximum absolute atomic E-state index is 12.0. The summed E-state index contributed by atoms with van der Waals surface area (Å²) in [4.78, 5) is 4.29. The number of alkyl halides is 3. The standard InChI is InChI=1S/C14H18F3N3O.HI/c15-14(16,17)10-21-9-12-4-1-3-11(7-12)8-20-13-18-5-2-6-19-13;/h1,3-4,7H,2,5-6,8-10H2,(H2,18,19,20);1H. The van der Waals surface area contributed by atoms with E-state index >= 15 is 0 Å². The normalized spacial score (nSPS) is 14.6. The van der Waals surface area contributed by atoms with Crippen molar-refractivity contribution >= 4 is 29.9 Å². The van der Waals surface area contributed by atoms with E-state index in [1.807, 2.05) is 12.1 Å². The van der Waals surface area contributed by atoms with Gasteiger partial charge in [0.05, 0.1) is 6.61 Å². The van der Waals surface area contributed by atoms with Crippen LogP contribution >= 0.6 is 24.0 Å². The first-order chi connectivity index (χ1) is 10.0. The van der Waals surface area contributed by atoms with E-state index in [1.54, 1.807) is 12.1 Å². The quantitative estimate of drug-likeness (QED) is 0.708. The lowest BCUT2D eigenvalue weighted by atomic mass is 10.1. The average molecular weight is 429 g/mol. The molecule has 1 aromatic carbocycles. The number of aliphatic imine (C=N–C) groups is 1. The predicted octanol–water partition coefficient (Wildman–Crippen LogP) is 2.82. The van der Waals surface area contributed by atoms with Gasteiger partial charge in [-0.1, -0.05) is 24.3 Å². The molecule has 0 radical (unpaired) electrons. The molecule has 0 aliphatic carbocycles. The van der Waals surface area contributed by atoms with Gasteiger partial charge >= 0.3 is 6.18 Å². The van der Waals surface area contributed by atoms with Crippen molar-refractivity contribution in [2.75, 3.05) is 19.7 Å². The van der Waals surface area contributed by atoms with Crippen LogP contribution in [-0.2, 0) is 17.9 Å². The number of nitrogens with one attached hydrogen (secondary N) is 2. The minimum atomic E-state index is -4.29. The van der Waals surface area contributed by atoms with Crippen molar-refractivity contribution in [2.24, 2.45) is 4.99 Å². The molecular weight excluding hydrogens is 410 g/mol. The largest absolute Gasteiger partial charge is 0.411 e. The van der Waals surface area contributed by atoms with E-state index in [1.165, 1.54) is 0 Å². The van der Waals surface area contributed by atoms with E-state index in [2.05, 4.69) is 20.4 Å². The van der Waals surface area contributed by atoms with Crippen molar-refractivity contribution in [3.63, 3.8) is 0 Å². The first-order valence-corrected chi connectivity index (χ1v) is 6.77. The highest BCUT2D eigenvalue weighted by molar-refractivity contribution is 14.0. The van der Waals surface area contributed by atoms with Crippen molar-refractivity contribution in [1.29, 1.82) is 0 Å². The molecule has 1 aliphatic heterocycles. The van der Waals surface area contributed by atoms with Crippen molar-refractivity contribution in [1.82, 2.24) is 10.6 Å². The van der Waals surface area contributed by atoms with Crippen LogP contribution in [0, 0.1) is 0 Å². The Morgan fingerprint density at radius 1 is 1.27 bits per heavy atom. The minimum absolute atomic E-state index is 0. The van der Waals surface area contributed by atoms with Crippen molar-refractivity contribution in [2.45, 2.75) is 25.7 Å². The lowest BCUT2D eigenvalue weighted by Crippen LogP contribution is -2.40. The third-order valence-electron chi connectivity index (χ3n) is 2.88. The summed E-state index contributed by atoms with van der Waals surface area (Å²) in [6, 6.07) is 7.28. The lowest BCUT2D eigenvalue weighted by Gasteiger charge is -2.16. The fourth-order valence-electron chi connectivity index (χ4n) is 1.95. The molecule has 0 saturated heterocycles. The maximum Gasteiger partial charge on any atom is 0.411 e. The highest BCUT2D eigenvalue weighted by Crippen LogP contribution is 2.16. The number of hydrogen-bond donors (Lipinski definition) is 2. The summed E-state index contributed by atoms with van der Waals surface area (Å²) in [6.45, 7) is 1.000. The molecule has 124 valence electrons. The van der Waals surface area contributed by atoms with Gasteiger partial charge in [0.2, 0.25) is 0 Å². The summed E-state index contributed by atoms with van der Waals surface area (Å²) in [6.07, 6.45) is -3.26. The predicted molar refractivity (Wildman–Crippen MR) is 89.3 cm³/mol. The van der Waals surface area contributed by atoms with Crippen molar-refractivity contribution in [3.05, 3.63) is 35.4 Å². The smallest absolute Gasteiger partial charge is 0.367 e. The van der Waals surface area contributed by atoms with Gasteiger partial charge in [-0.15, -0.1) is 24.0 Å². The molecule has 2 N–H and O–H groups in total.